The molecular weight excluding hydrogens is 142 g/mol. The Morgan fingerprint density at radius 1 is 1.40 bits per heavy atom. The number of nitrogens with one attached hydrogen (secondary N) is 1. The first-order valence-corrected chi connectivity index (χ1v) is 5.01. The molecule has 0 amide bonds. The molecule has 1 aliphatic rings. The van der Waals surface area contributed by atoms with E-state index in [4.69, 9.17) is 0 Å². The number of hydrogen-bond acceptors (Lipinski definition) is 2. The lowest BCUT2D eigenvalue weighted by molar-refractivity contribution is 0.393. The van der Waals surface area contributed by atoms with Gasteiger partial charge < -0.3 is 5.32 Å². The molecule has 0 aromatic rings. The van der Waals surface area contributed by atoms with E-state index in [1.54, 1.807) is 6.26 Å². The summed E-state index contributed by atoms with van der Waals surface area (Å²) >= 11 is 3.53. The van der Waals surface area contributed by atoms with Crippen LogP contribution in [0, 0.1) is 0 Å². The molecule has 1 heterocycles. The van der Waals surface area contributed by atoms with Crippen molar-refractivity contribution >= 4 is 12.6 Å². The highest BCUT2D eigenvalue weighted by Crippen LogP contribution is 2.08. The Hall–Kier alpha value is 0.310. The van der Waals surface area contributed by atoms with Crippen LogP contribution >= 0.6 is 12.6 Å². The van der Waals surface area contributed by atoms with E-state index in [-0.39, 0.29) is 0 Å². The molecular formula is C8H19NS. The molecule has 1 fully saturated rings. The number of hydrogen-bond donors (Lipinski definition) is 2. The van der Waals surface area contributed by atoms with Gasteiger partial charge in [-0.15, -0.1) is 0 Å². The maximum absolute atomic E-state index is 3.53. The summed E-state index contributed by atoms with van der Waals surface area (Å²) < 4.78 is 0. The van der Waals surface area contributed by atoms with Crippen molar-refractivity contribution < 1.29 is 0 Å². The average molecular weight is 161 g/mol. The van der Waals surface area contributed by atoms with Gasteiger partial charge in [0.05, 0.1) is 0 Å². The van der Waals surface area contributed by atoms with E-state index >= 15 is 0 Å². The second-order valence-corrected chi connectivity index (χ2v) is 2.56. The molecule has 62 valence electrons. The van der Waals surface area contributed by atoms with Crippen molar-refractivity contribution in [1.82, 2.24) is 5.32 Å². The van der Waals surface area contributed by atoms with Gasteiger partial charge in [-0.1, -0.05) is 13.3 Å². The molecule has 0 spiro atoms. The minimum Gasteiger partial charge on any atom is -0.314 e. The summed E-state index contributed by atoms with van der Waals surface area (Å²) in [5, 5.41) is 3.47. The molecule has 0 aromatic heterocycles. The lowest BCUT2D eigenvalue weighted by atomic mass is 10.0. The molecule has 1 unspecified atom stereocenters. The zero-order chi connectivity index (χ0) is 7.82. The van der Waals surface area contributed by atoms with Gasteiger partial charge in [-0.2, -0.15) is 12.6 Å². The molecule has 1 saturated heterocycles. The fourth-order valence-electron chi connectivity index (χ4n) is 1.27. The monoisotopic (exact) mass is 161 g/mol. The van der Waals surface area contributed by atoms with Crippen molar-refractivity contribution in [1.29, 1.82) is 0 Å². The highest BCUT2D eigenvalue weighted by molar-refractivity contribution is 7.79. The SMILES string of the molecule is CCC1CCCCN1.CS. The van der Waals surface area contributed by atoms with Gasteiger partial charge in [0.25, 0.3) is 0 Å². The summed E-state index contributed by atoms with van der Waals surface area (Å²) in [5.74, 6) is 0. The van der Waals surface area contributed by atoms with Crippen LogP contribution in [0.1, 0.15) is 32.6 Å². The normalized spacial score (nSPS) is 24.9. The van der Waals surface area contributed by atoms with Crippen molar-refractivity contribution in [3.63, 3.8) is 0 Å². The maximum atomic E-state index is 3.53. The molecule has 0 radical (unpaired) electrons. The van der Waals surface area contributed by atoms with Crippen molar-refractivity contribution in [3.05, 3.63) is 0 Å². The molecule has 0 aliphatic carbocycles. The van der Waals surface area contributed by atoms with Gasteiger partial charge in [-0.25, -0.2) is 0 Å². The summed E-state index contributed by atoms with van der Waals surface area (Å²) in [7, 11) is 0. The zero-order valence-corrected chi connectivity index (χ0v) is 7.95. The number of thiol groups is 1. The van der Waals surface area contributed by atoms with Crippen LogP contribution < -0.4 is 5.32 Å². The van der Waals surface area contributed by atoms with E-state index in [2.05, 4.69) is 24.9 Å². The summed E-state index contributed by atoms with van der Waals surface area (Å²) in [6.07, 6.45) is 7.22. The largest absolute Gasteiger partial charge is 0.314 e. The Morgan fingerprint density at radius 2 is 2.10 bits per heavy atom. The van der Waals surface area contributed by atoms with Crippen molar-refractivity contribution in [2.75, 3.05) is 12.8 Å². The van der Waals surface area contributed by atoms with E-state index in [9.17, 15) is 0 Å². The van der Waals surface area contributed by atoms with Gasteiger partial charge in [0.1, 0.15) is 0 Å². The number of rotatable bonds is 1. The third kappa shape index (κ3) is 4.18. The van der Waals surface area contributed by atoms with Gasteiger partial charge in [0.15, 0.2) is 0 Å². The van der Waals surface area contributed by atoms with Gasteiger partial charge in [0, 0.05) is 6.04 Å². The zero-order valence-electron chi connectivity index (χ0n) is 7.06. The molecule has 1 atom stereocenters. The standard InChI is InChI=1S/C7H15N.CH4S/c1-2-7-5-3-4-6-8-7;1-2/h7-8H,2-6H2,1H3;2H,1H3. The first-order valence-electron chi connectivity index (χ1n) is 4.11. The van der Waals surface area contributed by atoms with Gasteiger partial charge in [-0.05, 0) is 32.1 Å². The minimum absolute atomic E-state index is 0.837. The van der Waals surface area contributed by atoms with Gasteiger partial charge in [-0.3, -0.25) is 0 Å². The van der Waals surface area contributed by atoms with Crippen LogP contribution in [0.25, 0.3) is 0 Å². The molecule has 0 bridgehead atoms. The van der Waals surface area contributed by atoms with Crippen molar-refractivity contribution in [3.8, 4) is 0 Å². The van der Waals surface area contributed by atoms with E-state index in [1.807, 2.05) is 0 Å². The molecule has 1 rings (SSSR count). The van der Waals surface area contributed by atoms with Crippen LogP contribution in [-0.4, -0.2) is 18.8 Å². The topological polar surface area (TPSA) is 12.0 Å². The molecule has 2 heteroatoms. The summed E-state index contributed by atoms with van der Waals surface area (Å²) in [4.78, 5) is 0. The highest BCUT2D eigenvalue weighted by Gasteiger charge is 2.08. The quantitative estimate of drug-likeness (QED) is 0.561. The van der Waals surface area contributed by atoms with Crippen molar-refractivity contribution in [2.45, 2.75) is 38.6 Å². The summed E-state index contributed by atoms with van der Waals surface area (Å²) in [6, 6.07) is 0.837. The molecule has 1 nitrogen and oxygen atoms in total. The van der Waals surface area contributed by atoms with Crippen LogP contribution in [0.15, 0.2) is 0 Å². The Bertz CT molecular complexity index is 60.3. The predicted molar refractivity (Wildman–Crippen MR) is 50.8 cm³/mol. The first-order chi connectivity index (χ1) is 4.93. The third-order valence-electron chi connectivity index (χ3n) is 1.91. The van der Waals surface area contributed by atoms with Gasteiger partial charge in [0.2, 0.25) is 0 Å². The molecule has 10 heavy (non-hydrogen) atoms. The van der Waals surface area contributed by atoms with E-state index in [0.29, 0.717) is 0 Å². The highest BCUT2D eigenvalue weighted by atomic mass is 32.1. The van der Waals surface area contributed by atoms with E-state index < -0.39 is 0 Å². The number of piperidine rings is 1. The van der Waals surface area contributed by atoms with Crippen LogP contribution in [0.5, 0.6) is 0 Å². The molecule has 0 saturated carbocycles. The third-order valence-corrected chi connectivity index (χ3v) is 1.91. The van der Waals surface area contributed by atoms with Crippen LogP contribution in [0.4, 0.5) is 0 Å². The van der Waals surface area contributed by atoms with Crippen LogP contribution in [-0.2, 0) is 0 Å². The smallest absolute Gasteiger partial charge is 0.00644 e. The molecule has 0 aromatic carbocycles. The van der Waals surface area contributed by atoms with Crippen molar-refractivity contribution in [2.24, 2.45) is 0 Å². The Labute approximate surface area is 70.0 Å². The lowest BCUT2D eigenvalue weighted by Gasteiger charge is -2.21. The second-order valence-electron chi connectivity index (χ2n) is 2.56. The minimum atomic E-state index is 0.837. The van der Waals surface area contributed by atoms with Crippen LogP contribution in [0.3, 0.4) is 0 Å². The Balaban J connectivity index is 0.000000371. The summed E-state index contributed by atoms with van der Waals surface area (Å²) in [6.45, 7) is 3.50. The Morgan fingerprint density at radius 3 is 2.40 bits per heavy atom. The fourth-order valence-corrected chi connectivity index (χ4v) is 1.27. The maximum Gasteiger partial charge on any atom is 0.00644 e. The van der Waals surface area contributed by atoms with E-state index in [0.717, 1.165) is 6.04 Å². The first kappa shape index (κ1) is 10.3. The fraction of sp³-hybridized carbons (Fsp3) is 1.00. The summed E-state index contributed by atoms with van der Waals surface area (Å²) in [5.41, 5.74) is 0. The molecule has 1 N–H and O–H groups in total. The predicted octanol–water partition coefficient (Wildman–Crippen LogP) is 2.08. The van der Waals surface area contributed by atoms with E-state index in [1.165, 1.54) is 32.2 Å². The average Bonchev–Trinajstić information content (AvgIpc) is 2.10. The lowest BCUT2D eigenvalue weighted by Crippen LogP contribution is -2.32. The van der Waals surface area contributed by atoms with Gasteiger partial charge >= 0.3 is 0 Å². The second kappa shape index (κ2) is 7.42. The molecule has 1 aliphatic heterocycles. The van der Waals surface area contributed by atoms with Crippen LogP contribution in [0.2, 0.25) is 0 Å². The Kier molecular flexibility index (Phi) is 7.65.